The van der Waals surface area contributed by atoms with Gasteiger partial charge < -0.3 is 15.0 Å². The molecule has 2 aromatic heterocycles. The summed E-state index contributed by atoms with van der Waals surface area (Å²) in [4.78, 5) is 19.7. The number of hydrogen-bond donors (Lipinski definition) is 1. The number of aromatic nitrogens is 3. The SMILES string of the molecule is Cc1cccc(F)c1Oc1nc(N)cc(-c2ccc(=O)n(C)c2)n1. The van der Waals surface area contributed by atoms with E-state index in [1.807, 2.05) is 0 Å². The minimum Gasteiger partial charge on any atom is -0.421 e. The molecule has 0 atom stereocenters. The number of nitrogens with two attached hydrogens (primary N) is 1. The molecular weight excluding hydrogens is 311 g/mol. The first kappa shape index (κ1) is 15.7. The summed E-state index contributed by atoms with van der Waals surface area (Å²) in [5.74, 6) is -0.281. The Morgan fingerprint density at radius 1 is 1.21 bits per heavy atom. The summed E-state index contributed by atoms with van der Waals surface area (Å²) < 4.78 is 20.8. The highest BCUT2D eigenvalue weighted by molar-refractivity contribution is 5.61. The van der Waals surface area contributed by atoms with E-state index in [0.717, 1.165) is 0 Å². The molecule has 2 N–H and O–H groups in total. The third-order valence-corrected chi connectivity index (χ3v) is 3.46. The fraction of sp³-hybridized carbons (Fsp3) is 0.118. The molecule has 0 aliphatic carbocycles. The van der Waals surface area contributed by atoms with E-state index in [9.17, 15) is 9.18 Å². The molecule has 122 valence electrons. The van der Waals surface area contributed by atoms with Gasteiger partial charge in [-0.25, -0.2) is 4.39 Å². The topological polar surface area (TPSA) is 83.0 Å². The van der Waals surface area contributed by atoms with Crippen LogP contribution >= 0.6 is 0 Å². The molecule has 0 saturated heterocycles. The average Bonchev–Trinajstić information content (AvgIpc) is 2.53. The Morgan fingerprint density at radius 3 is 2.71 bits per heavy atom. The van der Waals surface area contributed by atoms with Gasteiger partial charge in [0, 0.05) is 30.9 Å². The molecule has 24 heavy (non-hydrogen) atoms. The van der Waals surface area contributed by atoms with Crippen LogP contribution < -0.4 is 16.0 Å². The molecule has 3 aromatic rings. The normalized spacial score (nSPS) is 10.6. The van der Waals surface area contributed by atoms with E-state index in [0.29, 0.717) is 16.8 Å². The minimum atomic E-state index is -0.510. The van der Waals surface area contributed by atoms with E-state index in [-0.39, 0.29) is 23.1 Å². The summed E-state index contributed by atoms with van der Waals surface area (Å²) in [6, 6.07) is 9.15. The molecule has 6 nitrogen and oxygen atoms in total. The summed E-state index contributed by atoms with van der Waals surface area (Å²) in [5.41, 5.74) is 7.42. The molecule has 0 aliphatic heterocycles. The average molecular weight is 326 g/mol. The van der Waals surface area contributed by atoms with Gasteiger partial charge in [-0.05, 0) is 24.6 Å². The van der Waals surface area contributed by atoms with Crippen LogP contribution in [-0.4, -0.2) is 14.5 Å². The fourth-order valence-corrected chi connectivity index (χ4v) is 2.22. The maximum Gasteiger partial charge on any atom is 0.324 e. The molecule has 3 rings (SSSR count). The van der Waals surface area contributed by atoms with E-state index < -0.39 is 5.82 Å². The van der Waals surface area contributed by atoms with Gasteiger partial charge in [0.1, 0.15) is 5.82 Å². The van der Waals surface area contributed by atoms with E-state index in [1.54, 1.807) is 44.4 Å². The monoisotopic (exact) mass is 326 g/mol. The number of pyridine rings is 1. The summed E-state index contributed by atoms with van der Waals surface area (Å²) in [5, 5.41) is 0. The van der Waals surface area contributed by atoms with Gasteiger partial charge in [-0.3, -0.25) is 4.79 Å². The third kappa shape index (κ3) is 3.10. The first-order valence-electron chi connectivity index (χ1n) is 7.18. The second-order valence-corrected chi connectivity index (χ2v) is 5.32. The van der Waals surface area contributed by atoms with Gasteiger partial charge in [0.25, 0.3) is 0 Å². The van der Waals surface area contributed by atoms with Crippen LogP contribution in [0.3, 0.4) is 0 Å². The standard InChI is InChI=1S/C17H15FN4O2/c1-10-4-3-5-12(18)16(10)24-17-20-13(8-14(19)21-17)11-6-7-15(23)22(2)9-11/h3-9H,1-2H3,(H2,19,20,21). The minimum absolute atomic E-state index is 0.0505. The first-order valence-corrected chi connectivity index (χ1v) is 7.18. The van der Waals surface area contributed by atoms with Crippen LogP contribution in [0, 0.1) is 12.7 Å². The highest BCUT2D eigenvalue weighted by Crippen LogP contribution is 2.28. The number of halogens is 1. The van der Waals surface area contributed by atoms with Crippen LogP contribution in [0.25, 0.3) is 11.3 Å². The van der Waals surface area contributed by atoms with Crippen LogP contribution in [-0.2, 0) is 7.05 Å². The molecule has 0 fully saturated rings. The number of nitrogens with zero attached hydrogens (tertiary/aromatic N) is 3. The van der Waals surface area contributed by atoms with Gasteiger partial charge in [0.05, 0.1) is 5.69 Å². The molecule has 1 aromatic carbocycles. The van der Waals surface area contributed by atoms with Crippen molar-refractivity contribution < 1.29 is 9.13 Å². The van der Waals surface area contributed by atoms with Gasteiger partial charge in [-0.1, -0.05) is 12.1 Å². The molecule has 0 amide bonds. The van der Waals surface area contributed by atoms with Crippen molar-refractivity contribution in [3.05, 3.63) is 64.3 Å². The summed E-state index contributed by atoms with van der Waals surface area (Å²) in [6.45, 7) is 1.72. The lowest BCUT2D eigenvalue weighted by Crippen LogP contribution is -2.14. The van der Waals surface area contributed by atoms with Crippen LogP contribution in [0.4, 0.5) is 10.2 Å². The summed E-state index contributed by atoms with van der Waals surface area (Å²) >= 11 is 0. The van der Waals surface area contributed by atoms with Crippen molar-refractivity contribution in [3.8, 4) is 23.0 Å². The molecular formula is C17H15FN4O2. The molecule has 0 aliphatic rings. The van der Waals surface area contributed by atoms with Crippen molar-refractivity contribution in [1.82, 2.24) is 14.5 Å². The van der Waals surface area contributed by atoms with E-state index in [2.05, 4.69) is 9.97 Å². The number of benzene rings is 1. The summed E-state index contributed by atoms with van der Waals surface area (Å²) in [7, 11) is 1.64. The highest BCUT2D eigenvalue weighted by Gasteiger charge is 2.12. The second kappa shape index (κ2) is 6.11. The van der Waals surface area contributed by atoms with E-state index in [4.69, 9.17) is 10.5 Å². The Hall–Kier alpha value is -3.22. The predicted molar refractivity (Wildman–Crippen MR) is 88.3 cm³/mol. The zero-order valence-electron chi connectivity index (χ0n) is 13.2. The molecule has 0 bridgehead atoms. The molecule has 7 heteroatoms. The van der Waals surface area contributed by atoms with Crippen molar-refractivity contribution in [2.75, 3.05) is 5.73 Å². The van der Waals surface area contributed by atoms with Crippen molar-refractivity contribution in [3.63, 3.8) is 0 Å². The number of nitrogen functional groups attached to an aromatic ring is 1. The first-order chi connectivity index (χ1) is 11.4. The molecule has 0 radical (unpaired) electrons. The van der Waals surface area contributed by atoms with Crippen molar-refractivity contribution in [2.45, 2.75) is 6.92 Å². The van der Waals surface area contributed by atoms with Gasteiger partial charge in [-0.2, -0.15) is 9.97 Å². The third-order valence-electron chi connectivity index (χ3n) is 3.46. The fourth-order valence-electron chi connectivity index (χ4n) is 2.22. The number of ether oxygens (including phenoxy) is 1. The van der Waals surface area contributed by atoms with Gasteiger partial charge in [0.2, 0.25) is 5.56 Å². The lowest BCUT2D eigenvalue weighted by Gasteiger charge is -2.10. The molecule has 2 heterocycles. The number of anilines is 1. The molecule has 0 spiro atoms. The quantitative estimate of drug-likeness (QED) is 0.800. The van der Waals surface area contributed by atoms with E-state index in [1.165, 1.54) is 16.7 Å². The highest BCUT2D eigenvalue weighted by atomic mass is 19.1. The summed E-state index contributed by atoms with van der Waals surface area (Å²) in [6.07, 6.45) is 1.63. The number of aryl methyl sites for hydroxylation is 2. The van der Waals surface area contributed by atoms with Crippen molar-refractivity contribution >= 4 is 5.82 Å². The van der Waals surface area contributed by atoms with Crippen LogP contribution in [0.5, 0.6) is 11.8 Å². The Labute approximate surface area is 137 Å². The lowest BCUT2D eigenvalue weighted by atomic mass is 10.2. The van der Waals surface area contributed by atoms with Gasteiger partial charge in [-0.15, -0.1) is 0 Å². The van der Waals surface area contributed by atoms with Crippen molar-refractivity contribution in [2.24, 2.45) is 7.05 Å². The number of rotatable bonds is 3. The van der Waals surface area contributed by atoms with Crippen LogP contribution in [0.1, 0.15) is 5.56 Å². The lowest BCUT2D eigenvalue weighted by molar-refractivity contribution is 0.409. The van der Waals surface area contributed by atoms with E-state index >= 15 is 0 Å². The Morgan fingerprint density at radius 2 is 2.00 bits per heavy atom. The Balaban J connectivity index is 2.03. The van der Waals surface area contributed by atoms with Crippen molar-refractivity contribution in [1.29, 1.82) is 0 Å². The molecule has 0 saturated carbocycles. The van der Waals surface area contributed by atoms with Gasteiger partial charge in [0.15, 0.2) is 11.6 Å². The second-order valence-electron chi connectivity index (χ2n) is 5.32. The number of para-hydroxylation sites is 1. The number of hydrogen-bond acceptors (Lipinski definition) is 5. The smallest absolute Gasteiger partial charge is 0.324 e. The predicted octanol–water partition coefficient (Wildman–Crippen LogP) is 2.66. The largest absolute Gasteiger partial charge is 0.421 e. The van der Waals surface area contributed by atoms with Crippen LogP contribution in [0.15, 0.2) is 47.4 Å². The zero-order valence-corrected chi connectivity index (χ0v) is 13.2. The van der Waals surface area contributed by atoms with Gasteiger partial charge >= 0.3 is 6.01 Å². The Kier molecular flexibility index (Phi) is 3.99. The maximum absolute atomic E-state index is 13.9. The molecule has 0 unspecified atom stereocenters. The maximum atomic E-state index is 13.9. The zero-order chi connectivity index (χ0) is 17.3. The Bertz CT molecular complexity index is 949. The van der Waals surface area contributed by atoms with Crippen LogP contribution in [0.2, 0.25) is 0 Å².